The van der Waals surface area contributed by atoms with Crippen LogP contribution in [-0.4, -0.2) is 59.7 Å². The largest absolute Gasteiger partial charge is 0.495 e. The zero-order valence-electron chi connectivity index (χ0n) is 18.0. The normalized spacial score (nSPS) is 13.8. The fourth-order valence-corrected chi connectivity index (χ4v) is 3.66. The summed E-state index contributed by atoms with van der Waals surface area (Å²) in [4.78, 5) is 45.0. The predicted octanol–water partition coefficient (Wildman–Crippen LogP) is 1.82. The lowest BCUT2D eigenvalue weighted by Gasteiger charge is -2.27. The Kier molecular flexibility index (Phi) is 6.18. The van der Waals surface area contributed by atoms with Gasteiger partial charge in [0.25, 0.3) is 5.91 Å². The highest BCUT2D eigenvalue weighted by atomic mass is 16.5. The second kappa shape index (κ2) is 9.19. The highest BCUT2D eigenvalue weighted by Crippen LogP contribution is 2.23. The van der Waals surface area contributed by atoms with Crippen molar-refractivity contribution in [2.24, 2.45) is 0 Å². The van der Waals surface area contributed by atoms with E-state index < -0.39 is 5.43 Å². The van der Waals surface area contributed by atoms with Gasteiger partial charge in [-0.15, -0.1) is 0 Å². The second-order valence-corrected chi connectivity index (χ2v) is 7.48. The number of methoxy groups -OCH3 is 1. The fraction of sp³-hybridized carbons (Fsp3) is 0.304. The van der Waals surface area contributed by atoms with Crippen LogP contribution >= 0.6 is 0 Å². The lowest BCUT2D eigenvalue weighted by molar-refractivity contribution is -0.116. The molecule has 2 amide bonds. The van der Waals surface area contributed by atoms with Gasteiger partial charge in [-0.05, 0) is 31.2 Å². The molecule has 166 valence electrons. The third-order valence-electron chi connectivity index (χ3n) is 5.28. The molecule has 9 nitrogen and oxygen atoms in total. The lowest BCUT2D eigenvalue weighted by atomic mass is 10.1. The van der Waals surface area contributed by atoms with E-state index >= 15 is 0 Å². The number of carbonyl (C=O) groups is 2. The molecule has 0 unspecified atom stereocenters. The summed E-state index contributed by atoms with van der Waals surface area (Å²) in [7, 11) is 1.52. The van der Waals surface area contributed by atoms with Crippen LogP contribution in [0, 0.1) is 6.92 Å². The van der Waals surface area contributed by atoms with Gasteiger partial charge >= 0.3 is 0 Å². The van der Waals surface area contributed by atoms with E-state index in [0.717, 1.165) is 0 Å². The van der Waals surface area contributed by atoms with E-state index in [1.807, 2.05) is 0 Å². The summed E-state index contributed by atoms with van der Waals surface area (Å²) in [6.45, 7) is 3.35. The molecule has 0 aliphatic carbocycles. The molecule has 0 radical (unpaired) electrons. The van der Waals surface area contributed by atoms with Crippen molar-refractivity contribution in [1.82, 2.24) is 14.5 Å². The number of anilines is 1. The number of hydrogen-bond acceptors (Lipinski definition) is 6. The van der Waals surface area contributed by atoms with Crippen molar-refractivity contribution in [3.63, 3.8) is 0 Å². The Labute approximate surface area is 184 Å². The molecule has 3 heterocycles. The molecule has 32 heavy (non-hydrogen) atoms. The summed E-state index contributed by atoms with van der Waals surface area (Å²) in [6, 6.07) is 10.4. The minimum atomic E-state index is -0.398. The Morgan fingerprint density at radius 1 is 1.16 bits per heavy atom. The zero-order valence-corrected chi connectivity index (χ0v) is 18.0. The van der Waals surface area contributed by atoms with Gasteiger partial charge in [0.1, 0.15) is 23.5 Å². The summed E-state index contributed by atoms with van der Waals surface area (Å²) in [5.74, 6) is -0.185. The number of ether oxygens (including phenoxy) is 2. The molecule has 0 atom stereocenters. The van der Waals surface area contributed by atoms with Crippen molar-refractivity contribution in [2.75, 3.05) is 38.7 Å². The molecule has 9 heteroatoms. The summed E-state index contributed by atoms with van der Waals surface area (Å²) < 4.78 is 12.1. The minimum Gasteiger partial charge on any atom is -0.495 e. The molecule has 0 saturated carbocycles. The molecule has 2 aromatic heterocycles. The maximum atomic E-state index is 13.1. The van der Waals surface area contributed by atoms with Crippen LogP contribution in [0.15, 0.2) is 47.4 Å². The number of nitrogens with one attached hydrogen (secondary N) is 1. The van der Waals surface area contributed by atoms with Crippen LogP contribution < -0.4 is 15.5 Å². The van der Waals surface area contributed by atoms with E-state index in [1.54, 1.807) is 52.8 Å². The Bertz CT molecular complexity index is 1230. The number of amides is 2. The number of para-hydroxylation sites is 2. The van der Waals surface area contributed by atoms with Crippen LogP contribution in [0.1, 0.15) is 16.1 Å². The van der Waals surface area contributed by atoms with Gasteiger partial charge in [0, 0.05) is 25.0 Å². The molecule has 1 aliphatic rings. The van der Waals surface area contributed by atoms with Gasteiger partial charge in [-0.25, -0.2) is 4.98 Å². The molecular formula is C23H24N4O5. The van der Waals surface area contributed by atoms with E-state index in [2.05, 4.69) is 10.3 Å². The number of nitrogens with zero attached hydrogens (tertiary/aromatic N) is 3. The monoisotopic (exact) mass is 436 g/mol. The van der Waals surface area contributed by atoms with Crippen LogP contribution in [0.2, 0.25) is 0 Å². The number of pyridine rings is 2. The lowest BCUT2D eigenvalue weighted by Crippen LogP contribution is -2.42. The Hall–Kier alpha value is -3.72. The van der Waals surface area contributed by atoms with Crippen molar-refractivity contribution in [3.8, 4) is 5.75 Å². The van der Waals surface area contributed by atoms with Crippen molar-refractivity contribution in [1.29, 1.82) is 0 Å². The zero-order chi connectivity index (χ0) is 22.7. The molecule has 1 saturated heterocycles. The first-order valence-corrected chi connectivity index (χ1v) is 10.3. The molecule has 1 N–H and O–H groups in total. The molecular weight excluding hydrogens is 412 g/mol. The molecule has 1 aliphatic heterocycles. The number of fused-ring (bicyclic) bond motifs is 1. The van der Waals surface area contributed by atoms with Crippen LogP contribution in [0.3, 0.4) is 0 Å². The van der Waals surface area contributed by atoms with Gasteiger partial charge in [0.15, 0.2) is 0 Å². The minimum absolute atomic E-state index is 0.00939. The highest BCUT2D eigenvalue weighted by molar-refractivity contribution is 5.98. The van der Waals surface area contributed by atoms with Crippen molar-refractivity contribution in [3.05, 3.63) is 64.1 Å². The average molecular weight is 436 g/mol. The number of morpholine rings is 1. The average Bonchev–Trinajstić information content (AvgIpc) is 2.81. The smallest absolute Gasteiger partial charge is 0.259 e. The predicted molar refractivity (Wildman–Crippen MR) is 119 cm³/mol. The number of hydrogen-bond donors (Lipinski definition) is 1. The van der Waals surface area contributed by atoms with Gasteiger partial charge in [0.05, 0.1) is 31.4 Å². The topological polar surface area (TPSA) is 103 Å². The van der Waals surface area contributed by atoms with E-state index in [-0.39, 0.29) is 23.9 Å². The van der Waals surface area contributed by atoms with Gasteiger partial charge < -0.3 is 24.3 Å². The maximum Gasteiger partial charge on any atom is 0.259 e. The SMILES string of the molecule is COc1ccccc1NC(=O)Cn1cc(C(=O)N2CCOCC2)c(=O)c2ccc(C)nc21. The number of benzene rings is 1. The maximum absolute atomic E-state index is 13.1. The van der Waals surface area contributed by atoms with Crippen molar-refractivity contribution in [2.45, 2.75) is 13.5 Å². The van der Waals surface area contributed by atoms with E-state index in [0.29, 0.717) is 54.5 Å². The first kappa shape index (κ1) is 21.5. The number of carbonyl (C=O) groups excluding carboxylic acids is 2. The molecule has 4 rings (SSSR count). The summed E-state index contributed by atoms with van der Waals surface area (Å²) in [5, 5.41) is 3.10. The van der Waals surface area contributed by atoms with Gasteiger partial charge in [-0.3, -0.25) is 14.4 Å². The molecule has 0 bridgehead atoms. The molecule has 3 aromatic rings. The molecule has 1 fully saturated rings. The van der Waals surface area contributed by atoms with Crippen LogP contribution in [0.25, 0.3) is 11.0 Å². The number of aryl methyl sites for hydroxylation is 1. The number of aromatic nitrogens is 2. The van der Waals surface area contributed by atoms with Gasteiger partial charge in [-0.1, -0.05) is 12.1 Å². The quantitative estimate of drug-likeness (QED) is 0.655. The van der Waals surface area contributed by atoms with Gasteiger partial charge in [-0.2, -0.15) is 0 Å². The molecule has 0 spiro atoms. The van der Waals surface area contributed by atoms with Crippen molar-refractivity contribution < 1.29 is 19.1 Å². The first-order valence-electron chi connectivity index (χ1n) is 10.3. The van der Waals surface area contributed by atoms with Crippen LogP contribution in [-0.2, 0) is 16.1 Å². The second-order valence-electron chi connectivity index (χ2n) is 7.48. The summed E-state index contributed by atoms with van der Waals surface area (Å²) in [5.41, 5.74) is 1.19. The Balaban J connectivity index is 1.71. The third-order valence-corrected chi connectivity index (χ3v) is 5.28. The van der Waals surface area contributed by atoms with Gasteiger partial charge in [0.2, 0.25) is 11.3 Å². The summed E-state index contributed by atoms with van der Waals surface area (Å²) >= 11 is 0. The van der Waals surface area contributed by atoms with E-state index in [4.69, 9.17) is 9.47 Å². The standard InChI is InChI=1S/C23H24N4O5/c1-15-7-8-16-21(29)17(23(30)26-9-11-32-12-10-26)13-27(22(16)24-15)14-20(28)25-18-5-3-4-6-19(18)31-2/h3-8,13H,9-12,14H2,1-2H3,(H,25,28). The summed E-state index contributed by atoms with van der Waals surface area (Å²) in [6.07, 6.45) is 1.43. The molecule has 1 aromatic carbocycles. The van der Waals surface area contributed by atoms with Crippen LogP contribution in [0.5, 0.6) is 5.75 Å². The first-order chi connectivity index (χ1) is 15.5. The van der Waals surface area contributed by atoms with E-state index in [1.165, 1.54) is 13.3 Å². The Morgan fingerprint density at radius 3 is 2.66 bits per heavy atom. The highest BCUT2D eigenvalue weighted by Gasteiger charge is 2.24. The fourth-order valence-electron chi connectivity index (χ4n) is 3.66. The van der Waals surface area contributed by atoms with E-state index in [9.17, 15) is 14.4 Å². The van der Waals surface area contributed by atoms with Crippen LogP contribution in [0.4, 0.5) is 5.69 Å². The Morgan fingerprint density at radius 2 is 1.91 bits per heavy atom. The third kappa shape index (κ3) is 4.33. The van der Waals surface area contributed by atoms with Crippen molar-refractivity contribution >= 4 is 28.5 Å². The number of rotatable bonds is 5.